The van der Waals surface area contributed by atoms with Gasteiger partial charge in [-0.2, -0.15) is 4.98 Å². The van der Waals surface area contributed by atoms with Crippen molar-refractivity contribution in [1.29, 1.82) is 0 Å². The minimum Gasteiger partial charge on any atom is -0.376 e. The van der Waals surface area contributed by atoms with Gasteiger partial charge in [-0.3, -0.25) is 0 Å². The van der Waals surface area contributed by atoms with Crippen molar-refractivity contribution in [3.05, 3.63) is 23.2 Å². The first kappa shape index (κ1) is 11.0. The zero-order valence-corrected chi connectivity index (χ0v) is 10.4. The monoisotopic (exact) mass is 251 g/mol. The van der Waals surface area contributed by atoms with Gasteiger partial charge < -0.3 is 9.30 Å². The first-order valence-electron chi connectivity index (χ1n) is 5.83. The minimum absolute atomic E-state index is 0.296. The van der Waals surface area contributed by atoms with E-state index in [1.54, 1.807) is 6.20 Å². The van der Waals surface area contributed by atoms with E-state index >= 15 is 0 Å². The molecule has 4 nitrogen and oxygen atoms in total. The Balaban J connectivity index is 2.00. The van der Waals surface area contributed by atoms with Gasteiger partial charge in [0.15, 0.2) is 0 Å². The lowest BCUT2D eigenvalue weighted by atomic mass is 10.2. The first-order valence-corrected chi connectivity index (χ1v) is 6.21. The van der Waals surface area contributed by atoms with E-state index in [0.29, 0.717) is 11.4 Å². The van der Waals surface area contributed by atoms with Crippen molar-refractivity contribution in [2.24, 2.45) is 0 Å². The van der Waals surface area contributed by atoms with Crippen molar-refractivity contribution < 1.29 is 4.74 Å². The van der Waals surface area contributed by atoms with Crippen molar-refractivity contribution in [2.45, 2.75) is 32.4 Å². The second kappa shape index (κ2) is 4.27. The largest absolute Gasteiger partial charge is 0.376 e. The molecule has 2 aromatic rings. The SMILES string of the molecule is Cc1cn(CC2CCCO2)c2nc(Cl)ncc12. The van der Waals surface area contributed by atoms with E-state index in [1.807, 2.05) is 0 Å². The Labute approximate surface area is 105 Å². The van der Waals surface area contributed by atoms with E-state index < -0.39 is 0 Å². The highest BCUT2D eigenvalue weighted by molar-refractivity contribution is 6.28. The van der Waals surface area contributed by atoms with Gasteiger partial charge in [-0.25, -0.2) is 4.98 Å². The molecule has 5 heteroatoms. The number of aromatic nitrogens is 3. The van der Waals surface area contributed by atoms with E-state index in [1.165, 1.54) is 5.56 Å². The lowest BCUT2D eigenvalue weighted by Crippen LogP contribution is -2.14. The Morgan fingerprint density at radius 2 is 2.47 bits per heavy atom. The summed E-state index contributed by atoms with van der Waals surface area (Å²) < 4.78 is 7.77. The number of hydrogen-bond donors (Lipinski definition) is 0. The van der Waals surface area contributed by atoms with E-state index in [2.05, 4.69) is 27.7 Å². The van der Waals surface area contributed by atoms with Crippen molar-refractivity contribution >= 4 is 22.6 Å². The molecule has 0 spiro atoms. The van der Waals surface area contributed by atoms with Gasteiger partial charge >= 0.3 is 0 Å². The number of ether oxygens (including phenoxy) is 1. The zero-order chi connectivity index (χ0) is 11.8. The highest BCUT2D eigenvalue weighted by Crippen LogP contribution is 2.22. The molecule has 1 aliphatic rings. The molecule has 17 heavy (non-hydrogen) atoms. The van der Waals surface area contributed by atoms with Crippen LogP contribution in [0.2, 0.25) is 5.28 Å². The lowest BCUT2D eigenvalue weighted by Gasteiger charge is -2.10. The Morgan fingerprint density at radius 1 is 1.59 bits per heavy atom. The Hall–Kier alpha value is -1.13. The highest BCUT2D eigenvalue weighted by atomic mass is 35.5. The Bertz CT molecular complexity index is 546. The standard InChI is InChI=1S/C12H14ClN3O/c1-8-6-16(7-9-3-2-4-17-9)11-10(8)5-14-12(13)15-11/h5-6,9H,2-4,7H2,1H3. The van der Waals surface area contributed by atoms with Crippen molar-refractivity contribution in [3.8, 4) is 0 Å². The maximum absolute atomic E-state index is 5.85. The lowest BCUT2D eigenvalue weighted by molar-refractivity contribution is 0.0979. The molecule has 3 rings (SSSR count). The molecule has 0 radical (unpaired) electrons. The Morgan fingerprint density at radius 3 is 3.24 bits per heavy atom. The van der Waals surface area contributed by atoms with Crippen molar-refractivity contribution in [3.63, 3.8) is 0 Å². The summed E-state index contributed by atoms with van der Waals surface area (Å²) in [6.45, 7) is 3.78. The van der Waals surface area contributed by atoms with Gasteiger partial charge in [-0.15, -0.1) is 0 Å². The summed E-state index contributed by atoms with van der Waals surface area (Å²) in [4.78, 5) is 8.32. The Kier molecular flexibility index (Phi) is 2.76. The fourth-order valence-electron chi connectivity index (χ4n) is 2.36. The predicted octanol–water partition coefficient (Wildman–Crippen LogP) is 2.57. The van der Waals surface area contributed by atoms with Crippen LogP contribution in [0.1, 0.15) is 18.4 Å². The number of nitrogens with zero attached hydrogens (tertiary/aromatic N) is 3. The highest BCUT2D eigenvalue weighted by Gasteiger charge is 2.18. The van der Waals surface area contributed by atoms with Gasteiger partial charge in [0.2, 0.25) is 5.28 Å². The van der Waals surface area contributed by atoms with Crippen LogP contribution in [0, 0.1) is 6.92 Å². The molecule has 0 aliphatic carbocycles. The zero-order valence-electron chi connectivity index (χ0n) is 9.69. The molecule has 0 bridgehead atoms. The number of fused-ring (bicyclic) bond motifs is 1. The topological polar surface area (TPSA) is 39.9 Å². The maximum Gasteiger partial charge on any atom is 0.224 e. The van der Waals surface area contributed by atoms with Crippen LogP contribution in [0.4, 0.5) is 0 Å². The quantitative estimate of drug-likeness (QED) is 0.771. The third kappa shape index (κ3) is 2.03. The fraction of sp³-hybridized carbons (Fsp3) is 0.500. The summed E-state index contributed by atoms with van der Waals surface area (Å²) in [5, 5.41) is 1.36. The summed E-state index contributed by atoms with van der Waals surface area (Å²) in [5.74, 6) is 0. The molecule has 0 saturated carbocycles. The van der Waals surface area contributed by atoms with Gasteiger partial charge in [0.25, 0.3) is 0 Å². The van der Waals surface area contributed by atoms with E-state index in [9.17, 15) is 0 Å². The van der Waals surface area contributed by atoms with Crippen LogP contribution in [-0.2, 0) is 11.3 Å². The number of hydrogen-bond acceptors (Lipinski definition) is 3. The smallest absolute Gasteiger partial charge is 0.224 e. The first-order chi connectivity index (χ1) is 8.24. The van der Waals surface area contributed by atoms with Crippen molar-refractivity contribution in [2.75, 3.05) is 6.61 Å². The molecule has 2 aromatic heterocycles. The molecule has 3 heterocycles. The van der Waals surface area contributed by atoms with Crippen molar-refractivity contribution in [1.82, 2.24) is 14.5 Å². The average Bonchev–Trinajstić information content (AvgIpc) is 2.89. The normalized spacial score (nSPS) is 20.2. The van der Waals surface area contributed by atoms with Crippen LogP contribution >= 0.6 is 11.6 Å². The molecule has 1 fully saturated rings. The summed E-state index contributed by atoms with van der Waals surface area (Å²) in [6, 6.07) is 0. The molecule has 1 saturated heterocycles. The molecular weight excluding hydrogens is 238 g/mol. The van der Waals surface area contributed by atoms with Gasteiger partial charge in [-0.05, 0) is 36.9 Å². The number of aryl methyl sites for hydroxylation is 1. The number of rotatable bonds is 2. The van der Waals surface area contributed by atoms with Crippen LogP contribution in [0.15, 0.2) is 12.4 Å². The van der Waals surface area contributed by atoms with E-state index in [4.69, 9.17) is 16.3 Å². The van der Waals surface area contributed by atoms with Crippen LogP contribution in [-0.4, -0.2) is 27.2 Å². The van der Waals surface area contributed by atoms with E-state index in [0.717, 1.165) is 37.0 Å². The van der Waals surface area contributed by atoms with Crippen LogP contribution < -0.4 is 0 Å². The molecular formula is C12H14ClN3O. The summed E-state index contributed by atoms with van der Waals surface area (Å²) in [6.07, 6.45) is 6.46. The molecule has 0 amide bonds. The van der Waals surface area contributed by atoms with Gasteiger partial charge in [0.05, 0.1) is 12.6 Å². The summed E-state index contributed by atoms with van der Waals surface area (Å²) in [5.41, 5.74) is 2.08. The minimum atomic E-state index is 0.296. The molecule has 0 N–H and O–H groups in total. The summed E-state index contributed by atoms with van der Waals surface area (Å²) in [7, 11) is 0. The molecule has 0 aromatic carbocycles. The van der Waals surface area contributed by atoms with Crippen LogP contribution in [0.5, 0.6) is 0 Å². The van der Waals surface area contributed by atoms with Crippen LogP contribution in [0.3, 0.4) is 0 Å². The van der Waals surface area contributed by atoms with Gasteiger partial charge in [-0.1, -0.05) is 0 Å². The third-order valence-corrected chi connectivity index (χ3v) is 3.39. The van der Waals surface area contributed by atoms with Gasteiger partial charge in [0, 0.05) is 24.4 Å². The average molecular weight is 252 g/mol. The molecule has 90 valence electrons. The number of halogens is 1. The second-order valence-corrected chi connectivity index (χ2v) is 4.81. The molecule has 1 atom stereocenters. The van der Waals surface area contributed by atoms with Crippen LogP contribution in [0.25, 0.3) is 11.0 Å². The third-order valence-electron chi connectivity index (χ3n) is 3.21. The van der Waals surface area contributed by atoms with Gasteiger partial charge in [0.1, 0.15) is 5.65 Å². The molecule has 1 unspecified atom stereocenters. The molecule has 1 aliphatic heterocycles. The fourth-order valence-corrected chi connectivity index (χ4v) is 2.49. The maximum atomic E-state index is 5.85. The van der Waals surface area contributed by atoms with E-state index in [-0.39, 0.29) is 0 Å². The summed E-state index contributed by atoms with van der Waals surface area (Å²) >= 11 is 5.85. The second-order valence-electron chi connectivity index (χ2n) is 4.48. The predicted molar refractivity (Wildman–Crippen MR) is 66.2 cm³/mol.